The summed E-state index contributed by atoms with van der Waals surface area (Å²) in [7, 11) is 0. The molecular weight excluding hydrogens is 208 g/mol. The highest BCUT2D eigenvalue weighted by molar-refractivity contribution is 7.99. The summed E-state index contributed by atoms with van der Waals surface area (Å²) < 4.78 is 0. The molecule has 1 N–H and O–H groups in total. The van der Waals surface area contributed by atoms with E-state index in [9.17, 15) is 0 Å². The second-order valence-corrected chi connectivity index (χ2v) is 4.59. The minimum Gasteiger partial charge on any atom is -0.396 e. The van der Waals surface area contributed by atoms with E-state index >= 15 is 0 Å². The molecule has 0 bridgehead atoms. The number of thioether (sulfide) groups is 1. The minimum absolute atomic E-state index is 0.314. The highest BCUT2D eigenvalue weighted by Gasteiger charge is 1.96. The van der Waals surface area contributed by atoms with Crippen molar-refractivity contribution >= 4 is 11.8 Å². The number of unbranched alkanes of at least 4 members (excludes halogenated alkanes) is 3. The van der Waals surface area contributed by atoms with Gasteiger partial charge in [0.1, 0.15) is 0 Å². The molecule has 0 aliphatic heterocycles. The number of rotatable bonds is 7. The topological polar surface area (TPSA) is 46.0 Å². The Morgan fingerprint density at radius 1 is 1.13 bits per heavy atom. The molecule has 0 unspecified atom stereocenters. The summed E-state index contributed by atoms with van der Waals surface area (Å²) in [6.45, 7) is 2.30. The predicted molar refractivity (Wildman–Crippen MR) is 63.0 cm³/mol. The summed E-state index contributed by atoms with van der Waals surface area (Å²) in [6, 6.07) is 0. The molecule has 0 aliphatic carbocycles. The molecule has 0 amide bonds. The highest BCUT2D eigenvalue weighted by atomic mass is 32.2. The molecule has 4 heteroatoms. The van der Waals surface area contributed by atoms with Crippen LogP contribution >= 0.6 is 11.8 Å². The molecule has 15 heavy (non-hydrogen) atoms. The van der Waals surface area contributed by atoms with E-state index in [-0.39, 0.29) is 0 Å². The average molecular weight is 226 g/mol. The van der Waals surface area contributed by atoms with Crippen LogP contribution in [0.3, 0.4) is 0 Å². The van der Waals surface area contributed by atoms with Crippen LogP contribution in [0, 0.1) is 6.92 Å². The maximum Gasteiger partial charge on any atom is 0.187 e. The lowest BCUT2D eigenvalue weighted by Gasteiger charge is -2.00. The van der Waals surface area contributed by atoms with Crippen LogP contribution in [0.5, 0.6) is 0 Å². The van der Waals surface area contributed by atoms with Gasteiger partial charge < -0.3 is 5.11 Å². The number of nitrogens with zero attached hydrogens (tertiary/aromatic N) is 2. The largest absolute Gasteiger partial charge is 0.396 e. The smallest absolute Gasteiger partial charge is 0.187 e. The third kappa shape index (κ3) is 5.74. The fraction of sp³-hybridized carbons (Fsp3) is 0.636. The van der Waals surface area contributed by atoms with Gasteiger partial charge in [-0.25, -0.2) is 9.97 Å². The second-order valence-electron chi connectivity index (χ2n) is 3.53. The van der Waals surface area contributed by atoms with Gasteiger partial charge in [0.2, 0.25) is 0 Å². The SMILES string of the molecule is Cc1cnc(SCCCCCCO)nc1. The Kier molecular flexibility index (Phi) is 6.36. The molecule has 0 spiro atoms. The Bertz CT molecular complexity index is 264. The molecule has 0 atom stereocenters. The van der Waals surface area contributed by atoms with Gasteiger partial charge in [-0.3, -0.25) is 0 Å². The zero-order chi connectivity index (χ0) is 10.9. The first-order valence-corrected chi connectivity index (χ1v) is 6.34. The predicted octanol–water partition coefficient (Wildman–Crippen LogP) is 2.43. The standard InChI is InChI=1S/C11H18N2OS/c1-10-8-12-11(13-9-10)15-7-5-3-2-4-6-14/h8-9,14H,2-7H2,1H3. The van der Waals surface area contributed by atoms with Crippen LogP contribution < -0.4 is 0 Å². The molecule has 0 radical (unpaired) electrons. The van der Waals surface area contributed by atoms with Crippen LogP contribution in [0.1, 0.15) is 31.2 Å². The van der Waals surface area contributed by atoms with Crippen LogP contribution in [0.15, 0.2) is 17.6 Å². The monoisotopic (exact) mass is 226 g/mol. The third-order valence-electron chi connectivity index (χ3n) is 2.04. The lowest BCUT2D eigenvalue weighted by Crippen LogP contribution is -1.89. The van der Waals surface area contributed by atoms with Crippen molar-refractivity contribution in [3.63, 3.8) is 0 Å². The van der Waals surface area contributed by atoms with Gasteiger partial charge in [0.25, 0.3) is 0 Å². The Hall–Kier alpha value is -0.610. The van der Waals surface area contributed by atoms with Crippen molar-refractivity contribution < 1.29 is 5.11 Å². The van der Waals surface area contributed by atoms with Crippen molar-refractivity contribution in [3.05, 3.63) is 18.0 Å². The maximum atomic E-state index is 8.60. The van der Waals surface area contributed by atoms with E-state index in [2.05, 4.69) is 9.97 Å². The number of aliphatic hydroxyl groups excluding tert-OH is 1. The normalized spacial score (nSPS) is 10.5. The Morgan fingerprint density at radius 3 is 2.47 bits per heavy atom. The number of aromatic nitrogens is 2. The van der Waals surface area contributed by atoms with Crippen molar-refractivity contribution in [2.24, 2.45) is 0 Å². The molecule has 0 aromatic carbocycles. The van der Waals surface area contributed by atoms with Gasteiger partial charge in [-0.1, -0.05) is 24.6 Å². The summed E-state index contributed by atoms with van der Waals surface area (Å²) in [4.78, 5) is 8.45. The molecule has 0 saturated carbocycles. The first-order valence-electron chi connectivity index (χ1n) is 5.35. The summed E-state index contributed by atoms with van der Waals surface area (Å²) in [5, 5.41) is 9.47. The third-order valence-corrected chi connectivity index (χ3v) is 3.00. The fourth-order valence-corrected chi connectivity index (χ4v) is 1.97. The first kappa shape index (κ1) is 12.5. The Morgan fingerprint density at radius 2 is 1.80 bits per heavy atom. The van der Waals surface area contributed by atoms with Crippen molar-refractivity contribution in [2.45, 2.75) is 37.8 Å². The quantitative estimate of drug-likeness (QED) is 0.440. The molecule has 1 rings (SSSR count). The lowest BCUT2D eigenvalue weighted by atomic mass is 10.2. The van der Waals surface area contributed by atoms with Crippen LogP contribution in [0.4, 0.5) is 0 Å². The van der Waals surface area contributed by atoms with Gasteiger partial charge in [0, 0.05) is 24.8 Å². The summed E-state index contributed by atoms with van der Waals surface area (Å²) >= 11 is 1.70. The molecule has 0 saturated heterocycles. The molecule has 1 aromatic heterocycles. The zero-order valence-electron chi connectivity index (χ0n) is 9.15. The molecule has 1 aromatic rings. The Balaban J connectivity index is 2.07. The lowest BCUT2D eigenvalue weighted by molar-refractivity contribution is 0.283. The van der Waals surface area contributed by atoms with Crippen LogP contribution in [0.2, 0.25) is 0 Å². The molecule has 1 heterocycles. The van der Waals surface area contributed by atoms with Crippen molar-refractivity contribution in [3.8, 4) is 0 Å². The van der Waals surface area contributed by atoms with E-state index in [0.717, 1.165) is 29.3 Å². The van der Waals surface area contributed by atoms with Crippen LogP contribution in [-0.4, -0.2) is 27.4 Å². The number of hydrogen-bond acceptors (Lipinski definition) is 4. The zero-order valence-corrected chi connectivity index (χ0v) is 9.96. The van der Waals surface area contributed by atoms with Crippen LogP contribution in [0.25, 0.3) is 0 Å². The molecular formula is C11H18N2OS. The number of aliphatic hydroxyl groups is 1. The van der Waals surface area contributed by atoms with Crippen LogP contribution in [-0.2, 0) is 0 Å². The summed E-state index contributed by atoms with van der Waals surface area (Å²) in [5.41, 5.74) is 1.10. The fourth-order valence-electron chi connectivity index (χ4n) is 1.19. The number of aryl methyl sites for hydroxylation is 1. The van der Waals surface area contributed by atoms with E-state index in [1.807, 2.05) is 19.3 Å². The van der Waals surface area contributed by atoms with Crippen molar-refractivity contribution in [1.82, 2.24) is 9.97 Å². The van der Waals surface area contributed by atoms with Gasteiger partial charge in [-0.05, 0) is 25.3 Å². The highest BCUT2D eigenvalue weighted by Crippen LogP contribution is 2.14. The average Bonchev–Trinajstić information content (AvgIpc) is 2.26. The molecule has 0 aliphatic rings. The van der Waals surface area contributed by atoms with Crippen molar-refractivity contribution in [2.75, 3.05) is 12.4 Å². The first-order chi connectivity index (χ1) is 7.33. The minimum atomic E-state index is 0.314. The summed E-state index contributed by atoms with van der Waals surface area (Å²) in [5.74, 6) is 1.06. The summed E-state index contributed by atoms with van der Waals surface area (Å²) in [6.07, 6.45) is 8.08. The van der Waals surface area contributed by atoms with Gasteiger partial charge >= 0.3 is 0 Å². The van der Waals surface area contributed by atoms with E-state index in [0.29, 0.717) is 6.61 Å². The van der Waals surface area contributed by atoms with Gasteiger partial charge in [-0.15, -0.1) is 0 Å². The van der Waals surface area contributed by atoms with E-state index in [1.54, 1.807) is 11.8 Å². The van der Waals surface area contributed by atoms with Gasteiger partial charge in [-0.2, -0.15) is 0 Å². The van der Waals surface area contributed by atoms with E-state index in [1.165, 1.54) is 12.8 Å². The Labute approximate surface area is 95.3 Å². The van der Waals surface area contributed by atoms with Crippen molar-refractivity contribution in [1.29, 1.82) is 0 Å². The van der Waals surface area contributed by atoms with E-state index < -0.39 is 0 Å². The number of hydrogen-bond donors (Lipinski definition) is 1. The second kappa shape index (κ2) is 7.65. The molecule has 0 fully saturated rings. The molecule has 3 nitrogen and oxygen atoms in total. The van der Waals surface area contributed by atoms with Gasteiger partial charge in [0.15, 0.2) is 5.16 Å². The van der Waals surface area contributed by atoms with E-state index in [4.69, 9.17) is 5.11 Å². The maximum absolute atomic E-state index is 8.60. The molecule has 84 valence electrons. The van der Waals surface area contributed by atoms with Gasteiger partial charge in [0.05, 0.1) is 0 Å².